The Kier molecular flexibility index (Phi) is 4.65. The number of hydrogen-bond acceptors (Lipinski definition) is 4. The van der Waals surface area contributed by atoms with Crippen LogP contribution in [-0.2, 0) is 16.1 Å². The first-order chi connectivity index (χ1) is 9.88. The van der Waals surface area contributed by atoms with Gasteiger partial charge in [0.2, 0.25) is 0 Å². The molecule has 0 radical (unpaired) electrons. The van der Waals surface area contributed by atoms with Gasteiger partial charge in [-0.25, -0.2) is 0 Å². The molecule has 1 aliphatic carbocycles. The summed E-state index contributed by atoms with van der Waals surface area (Å²) in [6.45, 7) is 5.94. The standard InChI is InChI=1S/C16H24N2O2/c1-2-9-18-10-11-19-15-4-3-14(18)16(15)20-12-13-5-7-17-8-6-13/h5-8,14-16H,2-4,9-12H2,1H3. The van der Waals surface area contributed by atoms with E-state index < -0.39 is 0 Å². The molecule has 2 aliphatic rings. The van der Waals surface area contributed by atoms with Crippen molar-refractivity contribution in [3.63, 3.8) is 0 Å². The van der Waals surface area contributed by atoms with Crippen LogP contribution in [0.5, 0.6) is 0 Å². The topological polar surface area (TPSA) is 34.6 Å². The number of hydrogen-bond donors (Lipinski definition) is 0. The Labute approximate surface area is 121 Å². The van der Waals surface area contributed by atoms with Gasteiger partial charge in [0.15, 0.2) is 0 Å². The molecule has 1 aliphatic heterocycles. The van der Waals surface area contributed by atoms with E-state index in [-0.39, 0.29) is 12.2 Å². The highest BCUT2D eigenvalue weighted by molar-refractivity contribution is 5.08. The average Bonchev–Trinajstić information content (AvgIpc) is 2.78. The van der Waals surface area contributed by atoms with Crippen LogP contribution < -0.4 is 0 Å². The first-order valence-electron chi connectivity index (χ1n) is 7.74. The number of aromatic nitrogens is 1. The van der Waals surface area contributed by atoms with Crippen molar-refractivity contribution in [2.24, 2.45) is 0 Å². The van der Waals surface area contributed by atoms with Crippen molar-refractivity contribution in [2.75, 3.05) is 19.7 Å². The predicted molar refractivity (Wildman–Crippen MR) is 77.4 cm³/mol. The van der Waals surface area contributed by atoms with E-state index in [9.17, 15) is 0 Å². The lowest BCUT2D eigenvalue weighted by molar-refractivity contribution is -0.0610. The molecule has 2 bridgehead atoms. The highest BCUT2D eigenvalue weighted by Gasteiger charge is 2.42. The fourth-order valence-electron chi connectivity index (χ4n) is 3.42. The largest absolute Gasteiger partial charge is 0.374 e. The van der Waals surface area contributed by atoms with Gasteiger partial charge in [0.05, 0.1) is 25.4 Å². The summed E-state index contributed by atoms with van der Waals surface area (Å²) in [4.78, 5) is 6.61. The number of ether oxygens (including phenoxy) is 2. The van der Waals surface area contributed by atoms with Crippen molar-refractivity contribution in [1.29, 1.82) is 0 Å². The zero-order chi connectivity index (χ0) is 13.8. The summed E-state index contributed by atoms with van der Waals surface area (Å²) < 4.78 is 12.2. The van der Waals surface area contributed by atoms with Gasteiger partial charge in [0.1, 0.15) is 0 Å². The average molecular weight is 276 g/mol. The van der Waals surface area contributed by atoms with E-state index in [2.05, 4.69) is 16.8 Å². The number of fused-ring (bicyclic) bond motifs is 2. The molecule has 2 fully saturated rings. The molecular weight excluding hydrogens is 252 g/mol. The molecule has 3 unspecified atom stereocenters. The third kappa shape index (κ3) is 3.03. The molecule has 4 nitrogen and oxygen atoms in total. The van der Waals surface area contributed by atoms with Gasteiger partial charge in [0, 0.05) is 25.0 Å². The van der Waals surface area contributed by atoms with Gasteiger partial charge >= 0.3 is 0 Å². The minimum Gasteiger partial charge on any atom is -0.374 e. The van der Waals surface area contributed by atoms with E-state index in [4.69, 9.17) is 9.47 Å². The molecule has 3 rings (SSSR count). The monoisotopic (exact) mass is 276 g/mol. The number of rotatable bonds is 5. The van der Waals surface area contributed by atoms with Crippen LogP contribution in [-0.4, -0.2) is 47.8 Å². The van der Waals surface area contributed by atoms with Gasteiger partial charge in [-0.05, 0) is 43.5 Å². The molecule has 1 saturated heterocycles. The van der Waals surface area contributed by atoms with E-state index in [1.165, 1.54) is 18.4 Å². The van der Waals surface area contributed by atoms with E-state index >= 15 is 0 Å². The number of nitrogens with zero attached hydrogens (tertiary/aromatic N) is 2. The van der Waals surface area contributed by atoms with Crippen LogP contribution >= 0.6 is 0 Å². The molecule has 20 heavy (non-hydrogen) atoms. The fraction of sp³-hybridized carbons (Fsp3) is 0.688. The smallest absolute Gasteiger partial charge is 0.0995 e. The van der Waals surface area contributed by atoms with Gasteiger partial charge < -0.3 is 9.47 Å². The van der Waals surface area contributed by atoms with Gasteiger partial charge in [-0.3, -0.25) is 9.88 Å². The molecule has 0 aromatic carbocycles. The van der Waals surface area contributed by atoms with Crippen molar-refractivity contribution in [1.82, 2.24) is 9.88 Å². The van der Waals surface area contributed by atoms with Crippen LogP contribution in [0.2, 0.25) is 0 Å². The molecule has 0 N–H and O–H groups in total. The van der Waals surface area contributed by atoms with Crippen molar-refractivity contribution >= 4 is 0 Å². The third-order valence-electron chi connectivity index (χ3n) is 4.37. The zero-order valence-corrected chi connectivity index (χ0v) is 12.2. The lowest BCUT2D eigenvalue weighted by atomic mass is 10.1. The van der Waals surface area contributed by atoms with Crippen LogP contribution in [0.4, 0.5) is 0 Å². The minimum absolute atomic E-state index is 0.220. The molecule has 2 heterocycles. The van der Waals surface area contributed by atoms with Gasteiger partial charge in [-0.15, -0.1) is 0 Å². The van der Waals surface area contributed by atoms with Crippen LogP contribution in [0.3, 0.4) is 0 Å². The van der Waals surface area contributed by atoms with Crippen molar-refractivity contribution in [2.45, 2.75) is 51.0 Å². The minimum atomic E-state index is 0.220. The Hall–Kier alpha value is -0.970. The highest BCUT2D eigenvalue weighted by Crippen LogP contribution is 2.32. The van der Waals surface area contributed by atoms with Crippen molar-refractivity contribution in [3.8, 4) is 0 Å². The second-order valence-corrected chi connectivity index (χ2v) is 5.72. The summed E-state index contributed by atoms with van der Waals surface area (Å²) in [6, 6.07) is 4.57. The van der Waals surface area contributed by atoms with Crippen molar-refractivity contribution < 1.29 is 9.47 Å². The maximum atomic E-state index is 6.22. The lowest BCUT2D eigenvalue weighted by Gasteiger charge is -2.30. The summed E-state index contributed by atoms with van der Waals surface area (Å²) in [6.07, 6.45) is 7.66. The van der Waals surface area contributed by atoms with Crippen LogP contribution in [0.15, 0.2) is 24.5 Å². The van der Waals surface area contributed by atoms with Gasteiger partial charge in [-0.1, -0.05) is 6.92 Å². The molecule has 3 atom stereocenters. The molecule has 1 aromatic heterocycles. The van der Waals surface area contributed by atoms with Gasteiger partial charge in [0.25, 0.3) is 0 Å². The molecule has 110 valence electrons. The quantitative estimate of drug-likeness (QED) is 0.826. The maximum Gasteiger partial charge on any atom is 0.0995 e. The van der Waals surface area contributed by atoms with Crippen LogP contribution in [0.1, 0.15) is 31.7 Å². The summed E-state index contributed by atoms with van der Waals surface area (Å²) >= 11 is 0. The SMILES string of the molecule is CCCN1CCOC2CCC1C2OCc1ccncc1. The summed E-state index contributed by atoms with van der Waals surface area (Å²) in [5, 5.41) is 0. The van der Waals surface area contributed by atoms with E-state index in [1.807, 2.05) is 24.5 Å². The second kappa shape index (κ2) is 6.66. The fourth-order valence-corrected chi connectivity index (χ4v) is 3.42. The first kappa shape index (κ1) is 14.0. The van der Waals surface area contributed by atoms with Crippen molar-refractivity contribution in [3.05, 3.63) is 30.1 Å². The molecule has 1 aromatic rings. The second-order valence-electron chi connectivity index (χ2n) is 5.72. The maximum absolute atomic E-state index is 6.22. The van der Waals surface area contributed by atoms with Crippen LogP contribution in [0.25, 0.3) is 0 Å². The molecule has 0 amide bonds. The Morgan fingerprint density at radius 2 is 2.20 bits per heavy atom. The first-order valence-corrected chi connectivity index (χ1v) is 7.74. The summed E-state index contributed by atoms with van der Waals surface area (Å²) in [7, 11) is 0. The predicted octanol–water partition coefficient (Wildman–Crippen LogP) is 2.24. The normalized spacial score (nSPS) is 30.4. The van der Waals surface area contributed by atoms with Crippen LogP contribution in [0, 0.1) is 0 Å². The van der Waals surface area contributed by atoms with E-state index in [1.54, 1.807) is 0 Å². The Morgan fingerprint density at radius 1 is 1.35 bits per heavy atom. The molecule has 4 heteroatoms. The Bertz CT molecular complexity index is 412. The van der Waals surface area contributed by atoms with Gasteiger partial charge in [-0.2, -0.15) is 0 Å². The molecular formula is C16H24N2O2. The summed E-state index contributed by atoms with van der Waals surface area (Å²) in [5.41, 5.74) is 1.19. The Balaban J connectivity index is 1.65. The number of pyridine rings is 1. The summed E-state index contributed by atoms with van der Waals surface area (Å²) in [5.74, 6) is 0. The van der Waals surface area contributed by atoms with E-state index in [0.29, 0.717) is 12.6 Å². The molecule has 1 saturated carbocycles. The lowest BCUT2D eigenvalue weighted by Crippen LogP contribution is -2.43. The molecule has 0 spiro atoms. The Morgan fingerprint density at radius 3 is 3.00 bits per heavy atom. The third-order valence-corrected chi connectivity index (χ3v) is 4.37. The van der Waals surface area contributed by atoms with E-state index in [0.717, 1.165) is 26.1 Å². The highest BCUT2D eigenvalue weighted by atomic mass is 16.5. The zero-order valence-electron chi connectivity index (χ0n) is 12.2.